The summed E-state index contributed by atoms with van der Waals surface area (Å²) in [5.74, 6) is 0. The van der Waals surface area contributed by atoms with E-state index >= 15 is 0 Å². The number of hydrogen-bond acceptors (Lipinski definition) is 3. The van der Waals surface area contributed by atoms with Crippen LogP contribution in [0.3, 0.4) is 0 Å². The minimum Gasteiger partial charge on any atom is -0.411 e. The topological polar surface area (TPSA) is 32.6 Å². The van der Waals surface area contributed by atoms with E-state index in [2.05, 4.69) is 5.16 Å². The van der Waals surface area contributed by atoms with Gasteiger partial charge < -0.3 is 5.21 Å². The first-order valence-electron chi connectivity index (χ1n) is 2.43. The Morgan fingerprint density at radius 2 is 2.25 bits per heavy atom. The Labute approximate surface area is 54.0 Å². The Morgan fingerprint density at radius 1 is 1.75 bits per heavy atom. The summed E-state index contributed by atoms with van der Waals surface area (Å²) in [6.45, 7) is 3.81. The number of nitrogens with zero attached hydrogens (tertiary/aromatic N) is 1. The molecule has 0 heterocycles. The van der Waals surface area contributed by atoms with E-state index in [0.717, 1.165) is 5.71 Å². The van der Waals surface area contributed by atoms with Crippen LogP contribution in [0, 0.1) is 0 Å². The second-order valence-electron chi connectivity index (χ2n) is 1.62. The summed E-state index contributed by atoms with van der Waals surface area (Å²) >= 11 is 1.67. The molecule has 0 aromatic heterocycles. The zero-order chi connectivity index (χ0) is 6.57. The van der Waals surface area contributed by atoms with Gasteiger partial charge in [-0.15, -0.1) is 0 Å². The fourth-order valence-corrected chi connectivity index (χ4v) is 0.640. The smallest absolute Gasteiger partial charge is 0.0666 e. The number of oxime groups is 1. The van der Waals surface area contributed by atoms with Crippen molar-refractivity contribution in [3.63, 3.8) is 0 Å². The Hall–Kier alpha value is -0.180. The van der Waals surface area contributed by atoms with Crippen LogP contribution in [0.1, 0.15) is 13.8 Å². The minimum atomic E-state index is 0.333. The van der Waals surface area contributed by atoms with Crippen molar-refractivity contribution in [1.82, 2.24) is 0 Å². The minimum absolute atomic E-state index is 0.333. The molecule has 0 saturated heterocycles. The zero-order valence-corrected chi connectivity index (χ0v) is 6.20. The van der Waals surface area contributed by atoms with Crippen molar-refractivity contribution in [3.8, 4) is 0 Å². The molecule has 0 aromatic rings. The fraction of sp³-hybridized carbons (Fsp3) is 0.800. The highest BCUT2D eigenvalue weighted by molar-refractivity contribution is 7.99. The van der Waals surface area contributed by atoms with E-state index in [1.54, 1.807) is 18.7 Å². The predicted octanol–water partition coefficient (Wildman–Crippen LogP) is 1.59. The van der Waals surface area contributed by atoms with Gasteiger partial charge in [-0.3, -0.25) is 0 Å². The molecule has 0 aliphatic rings. The van der Waals surface area contributed by atoms with Gasteiger partial charge in [-0.2, -0.15) is 11.8 Å². The van der Waals surface area contributed by atoms with Crippen molar-refractivity contribution in [2.75, 3.05) is 6.26 Å². The van der Waals surface area contributed by atoms with Crippen molar-refractivity contribution in [1.29, 1.82) is 0 Å². The van der Waals surface area contributed by atoms with Crippen LogP contribution in [0.4, 0.5) is 0 Å². The third-order valence-corrected chi connectivity index (χ3v) is 2.15. The van der Waals surface area contributed by atoms with Crippen molar-refractivity contribution >= 4 is 17.5 Å². The highest BCUT2D eigenvalue weighted by Crippen LogP contribution is 2.05. The molecule has 0 aliphatic carbocycles. The van der Waals surface area contributed by atoms with Crippen LogP contribution in [-0.2, 0) is 0 Å². The standard InChI is InChI=1S/C5H11NOS/c1-4(6-7)5(2)8-3/h5,7H,1-3H3/b6-4+. The molecule has 0 spiro atoms. The summed E-state index contributed by atoms with van der Waals surface area (Å²) in [5.41, 5.74) is 0.775. The van der Waals surface area contributed by atoms with Gasteiger partial charge in [0.25, 0.3) is 0 Å². The molecule has 0 amide bonds. The zero-order valence-electron chi connectivity index (χ0n) is 5.38. The van der Waals surface area contributed by atoms with Crippen LogP contribution in [0.2, 0.25) is 0 Å². The van der Waals surface area contributed by atoms with E-state index in [4.69, 9.17) is 5.21 Å². The molecule has 0 aliphatic heterocycles. The summed E-state index contributed by atoms with van der Waals surface area (Å²) in [5, 5.41) is 11.6. The molecule has 0 aromatic carbocycles. The maximum Gasteiger partial charge on any atom is 0.0666 e. The lowest BCUT2D eigenvalue weighted by Gasteiger charge is -2.02. The van der Waals surface area contributed by atoms with Gasteiger partial charge in [-0.05, 0) is 20.1 Å². The Morgan fingerprint density at radius 3 is 2.38 bits per heavy atom. The van der Waals surface area contributed by atoms with E-state index in [9.17, 15) is 0 Å². The van der Waals surface area contributed by atoms with Crippen molar-refractivity contribution in [3.05, 3.63) is 0 Å². The lowest BCUT2D eigenvalue weighted by molar-refractivity contribution is 0.318. The molecule has 0 radical (unpaired) electrons. The van der Waals surface area contributed by atoms with Gasteiger partial charge in [0.1, 0.15) is 0 Å². The van der Waals surface area contributed by atoms with E-state index in [1.807, 2.05) is 13.2 Å². The van der Waals surface area contributed by atoms with Crippen LogP contribution < -0.4 is 0 Å². The van der Waals surface area contributed by atoms with Gasteiger partial charge in [0, 0.05) is 5.25 Å². The van der Waals surface area contributed by atoms with Crippen LogP contribution >= 0.6 is 11.8 Å². The molecule has 1 N–H and O–H groups in total. The van der Waals surface area contributed by atoms with E-state index in [0.29, 0.717) is 5.25 Å². The molecular formula is C5H11NOS. The summed E-state index contributed by atoms with van der Waals surface area (Å²) in [7, 11) is 0. The number of hydrogen-bond donors (Lipinski definition) is 1. The Balaban J connectivity index is 3.63. The van der Waals surface area contributed by atoms with E-state index in [-0.39, 0.29) is 0 Å². The first-order valence-corrected chi connectivity index (χ1v) is 3.72. The molecule has 8 heavy (non-hydrogen) atoms. The number of thioether (sulfide) groups is 1. The van der Waals surface area contributed by atoms with Crippen LogP contribution in [0.25, 0.3) is 0 Å². The fourth-order valence-electron chi connectivity index (χ4n) is 0.252. The third-order valence-electron chi connectivity index (χ3n) is 1.10. The van der Waals surface area contributed by atoms with E-state index in [1.165, 1.54) is 0 Å². The van der Waals surface area contributed by atoms with Crippen molar-refractivity contribution < 1.29 is 5.21 Å². The monoisotopic (exact) mass is 133 g/mol. The molecule has 1 unspecified atom stereocenters. The maximum absolute atomic E-state index is 8.21. The van der Waals surface area contributed by atoms with Gasteiger partial charge in [0.2, 0.25) is 0 Å². The predicted molar refractivity (Wildman–Crippen MR) is 37.9 cm³/mol. The molecule has 48 valence electrons. The summed E-state index contributed by atoms with van der Waals surface area (Å²) < 4.78 is 0. The average Bonchev–Trinajstić information content (AvgIpc) is 1.84. The van der Waals surface area contributed by atoms with Gasteiger partial charge in [0.15, 0.2) is 0 Å². The molecule has 1 atom stereocenters. The highest BCUT2D eigenvalue weighted by atomic mass is 32.2. The molecule has 0 saturated carbocycles. The second-order valence-corrected chi connectivity index (χ2v) is 2.80. The summed E-state index contributed by atoms with van der Waals surface area (Å²) in [6, 6.07) is 0. The van der Waals surface area contributed by atoms with Gasteiger partial charge in [-0.25, -0.2) is 0 Å². The summed E-state index contributed by atoms with van der Waals surface area (Å²) in [4.78, 5) is 0. The Kier molecular flexibility index (Phi) is 3.69. The molecule has 0 bridgehead atoms. The van der Waals surface area contributed by atoms with Crippen LogP contribution in [-0.4, -0.2) is 22.4 Å². The maximum atomic E-state index is 8.21. The second kappa shape index (κ2) is 3.78. The lowest BCUT2D eigenvalue weighted by atomic mass is 10.3. The van der Waals surface area contributed by atoms with Crippen LogP contribution in [0.15, 0.2) is 5.16 Å². The molecule has 3 heteroatoms. The summed E-state index contributed by atoms with van der Waals surface area (Å²) in [6.07, 6.45) is 1.99. The van der Waals surface area contributed by atoms with Crippen molar-refractivity contribution in [2.45, 2.75) is 19.1 Å². The molecule has 2 nitrogen and oxygen atoms in total. The van der Waals surface area contributed by atoms with Crippen molar-refractivity contribution in [2.24, 2.45) is 5.16 Å². The quantitative estimate of drug-likeness (QED) is 0.352. The van der Waals surface area contributed by atoms with Crippen LogP contribution in [0.5, 0.6) is 0 Å². The molecule has 0 rings (SSSR count). The first kappa shape index (κ1) is 7.82. The van der Waals surface area contributed by atoms with Gasteiger partial charge in [0.05, 0.1) is 5.71 Å². The van der Waals surface area contributed by atoms with E-state index < -0.39 is 0 Å². The lowest BCUT2D eigenvalue weighted by Crippen LogP contribution is -2.07. The SMILES string of the molecule is CSC(C)/C(C)=N/O. The normalized spacial score (nSPS) is 16.1. The van der Waals surface area contributed by atoms with Gasteiger partial charge in [-0.1, -0.05) is 5.16 Å². The van der Waals surface area contributed by atoms with Gasteiger partial charge >= 0.3 is 0 Å². The highest BCUT2D eigenvalue weighted by Gasteiger charge is 2.01. The Bertz CT molecular complexity index is 92.4. The first-order chi connectivity index (χ1) is 3.72. The third kappa shape index (κ3) is 2.21. The molecule has 0 fully saturated rings. The average molecular weight is 133 g/mol. The molecular weight excluding hydrogens is 122 g/mol. The largest absolute Gasteiger partial charge is 0.411 e. The number of rotatable bonds is 2.